The predicted octanol–water partition coefficient (Wildman–Crippen LogP) is 0.0586. The number of hydrogen-bond acceptors (Lipinski definition) is 2. The van der Waals surface area contributed by atoms with Crippen LogP contribution in [-0.2, 0) is 4.79 Å². The number of anilines is 1. The van der Waals surface area contributed by atoms with Gasteiger partial charge < -0.3 is 16.8 Å². The number of amides is 2. The molecule has 0 aromatic heterocycles. The van der Waals surface area contributed by atoms with Gasteiger partial charge in [0.15, 0.2) is 5.96 Å². The molecule has 0 heterocycles. The lowest BCUT2D eigenvalue weighted by Crippen LogP contribution is -2.24. The molecule has 84 valence electrons. The zero-order valence-electron chi connectivity index (χ0n) is 8.73. The SMILES string of the molecule is CC(=O)Nc1cccc(C(=O)N=C(N)N)c1. The minimum Gasteiger partial charge on any atom is -0.370 e. The maximum atomic E-state index is 11.4. The summed E-state index contributed by atoms with van der Waals surface area (Å²) in [6, 6.07) is 6.34. The highest BCUT2D eigenvalue weighted by Gasteiger charge is 2.05. The van der Waals surface area contributed by atoms with Crippen molar-refractivity contribution in [2.24, 2.45) is 16.5 Å². The molecule has 5 N–H and O–H groups in total. The summed E-state index contributed by atoms with van der Waals surface area (Å²) in [7, 11) is 0. The topological polar surface area (TPSA) is 111 Å². The third kappa shape index (κ3) is 3.41. The maximum Gasteiger partial charge on any atom is 0.280 e. The fraction of sp³-hybridized carbons (Fsp3) is 0.100. The van der Waals surface area contributed by atoms with Gasteiger partial charge in [0, 0.05) is 18.2 Å². The van der Waals surface area contributed by atoms with Crippen LogP contribution >= 0.6 is 0 Å². The molecule has 0 saturated heterocycles. The van der Waals surface area contributed by atoms with Crippen LogP contribution in [0.3, 0.4) is 0 Å². The van der Waals surface area contributed by atoms with Gasteiger partial charge in [-0.3, -0.25) is 9.59 Å². The highest BCUT2D eigenvalue weighted by atomic mass is 16.2. The van der Waals surface area contributed by atoms with E-state index in [9.17, 15) is 9.59 Å². The molecule has 1 aromatic carbocycles. The molecule has 6 heteroatoms. The summed E-state index contributed by atoms with van der Waals surface area (Å²) in [5.41, 5.74) is 11.0. The molecule has 0 spiro atoms. The quantitative estimate of drug-likeness (QED) is 0.483. The molecule has 0 aliphatic rings. The van der Waals surface area contributed by atoms with Crippen LogP contribution < -0.4 is 16.8 Å². The molecule has 0 fully saturated rings. The van der Waals surface area contributed by atoms with Crippen LogP contribution in [0.4, 0.5) is 5.69 Å². The summed E-state index contributed by atoms with van der Waals surface area (Å²) >= 11 is 0. The Morgan fingerprint density at radius 3 is 2.56 bits per heavy atom. The van der Waals surface area contributed by atoms with Crippen molar-refractivity contribution in [3.8, 4) is 0 Å². The standard InChI is InChI=1S/C10H12N4O2/c1-6(15)13-8-4-2-3-7(5-8)9(16)14-10(11)12/h2-5H,1H3,(H,13,15)(H4,11,12,14,16). The third-order valence-electron chi connectivity index (χ3n) is 1.66. The van der Waals surface area contributed by atoms with Crippen molar-refractivity contribution < 1.29 is 9.59 Å². The van der Waals surface area contributed by atoms with Crippen molar-refractivity contribution in [2.75, 3.05) is 5.32 Å². The van der Waals surface area contributed by atoms with Gasteiger partial charge in [0.25, 0.3) is 5.91 Å². The molecule has 1 aromatic rings. The van der Waals surface area contributed by atoms with E-state index < -0.39 is 5.91 Å². The Hall–Kier alpha value is -2.37. The van der Waals surface area contributed by atoms with Crippen molar-refractivity contribution in [1.82, 2.24) is 0 Å². The van der Waals surface area contributed by atoms with E-state index in [-0.39, 0.29) is 11.9 Å². The molecule has 0 aliphatic carbocycles. The third-order valence-corrected chi connectivity index (χ3v) is 1.66. The van der Waals surface area contributed by atoms with E-state index >= 15 is 0 Å². The van der Waals surface area contributed by atoms with Crippen molar-refractivity contribution >= 4 is 23.5 Å². The summed E-state index contributed by atoms with van der Waals surface area (Å²) in [5.74, 6) is -1.06. The fourth-order valence-electron chi connectivity index (χ4n) is 1.12. The maximum absolute atomic E-state index is 11.4. The zero-order chi connectivity index (χ0) is 12.1. The second kappa shape index (κ2) is 4.92. The first-order valence-corrected chi connectivity index (χ1v) is 4.50. The molecular weight excluding hydrogens is 208 g/mol. The summed E-state index contributed by atoms with van der Waals surface area (Å²) in [4.78, 5) is 25.6. The Bertz CT molecular complexity index is 450. The predicted molar refractivity (Wildman–Crippen MR) is 60.9 cm³/mol. The first kappa shape index (κ1) is 11.7. The Morgan fingerprint density at radius 2 is 2.00 bits per heavy atom. The summed E-state index contributed by atoms with van der Waals surface area (Å²) in [6.45, 7) is 1.38. The van der Waals surface area contributed by atoms with E-state index in [1.54, 1.807) is 18.2 Å². The van der Waals surface area contributed by atoms with Crippen molar-refractivity contribution in [3.05, 3.63) is 29.8 Å². The average molecular weight is 220 g/mol. The molecule has 0 radical (unpaired) electrons. The molecule has 0 unspecified atom stereocenters. The first-order chi connectivity index (χ1) is 7.49. The van der Waals surface area contributed by atoms with Crippen LogP contribution in [0.2, 0.25) is 0 Å². The Morgan fingerprint density at radius 1 is 1.31 bits per heavy atom. The Kier molecular flexibility index (Phi) is 3.60. The van der Waals surface area contributed by atoms with Gasteiger partial charge in [0.05, 0.1) is 0 Å². The molecular formula is C10H12N4O2. The number of rotatable bonds is 2. The van der Waals surface area contributed by atoms with Gasteiger partial charge in [-0.25, -0.2) is 0 Å². The highest BCUT2D eigenvalue weighted by molar-refractivity contribution is 6.02. The van der Waals surface area contributed by atoms with Crippen LogP contribution in [0.15, 0.2) is 29.3 Å². The monoisotopic (exact) mass is 220 g/mol. The number of nitrogens with zero attached hydrogens (tertiary/aromatic N) is 1. The number of nitrogens with one attached hydrogen (secondary N) is 1. The molecule has 2 amide bonds. The minimum atomic E-state index is -0.549. The van der Waals surface area contributed by atoms with Crippen LogP contribution in [0.25, 0.3) is 0 Å². The van der Waals surface area contributed by atoms with Crippen LogP contribution in [0, 0.1) is 0 Å². The highest BCUT2D eigenvalue weighted by Crippen LogP contribution is 2.11. The Labute approximate surface area is 92.3 Å². The number of nitrogens with two attached hydrogens (primary N) is 2. The second-order valence-electron chi connectivity index (χ2n) is 3.10. The molecule has 16 heavy (non-hydrogen) atoms. The average Bonchev–Trinajstić information content (AvgIpc) is 2.16. The molecule has 0 saturated carbocycles. The zero-order valence-corrected chi connectivity index (χ0v) is 8.73. The van der Waals surface area contributed by atoms with Gasteiger partial charge >= 0.3 is 0 Å². The van der Waals surface area contributed by atoms with E-state index in [2.05, 4.69) is 10.3 Å². The van der Waals surface area contributed by atoms with Gasteiger partial charge in [-0.15, -0.1) is 0 Å². The molecule has 0 aliphatic heterocycles. The second-order valence-corrected chi connectivity index (χ2v) is 3.10. The summed E-state index contributed by atoms with van der Waals surface area (Å²) < 4.78 is 0. The molecule has 0 bridgehead atoms. The largest absolute Gasteiger partial charge is 0.370 e. The van der Waals surface area contributed by atoms with Crippen LogP contribution in [0.1, 0.15) is 17.3 Å². The fourth-order valence-corrected chi connectivity index (χ4v) is 1.12. The smallest absolute Gasteiger partial charge is 0.280 e. The number of hydrogen-bond donors (Lipinski definition) is 3. The first-order valence-electron chi connectivity index (χ1n) is 4.50. The van der Waals surface area contributed by atoms with Crippen molar-refractivity contribution in [1.29, 1.82) is 0 Å². The number of benzene rings is 1. The van der Waals surface area contributed by atoms with Crippen molar-refractivity contribution in [3.63, 3.8) is 0 Å². The normalized spacial score (nSPS) is 9.31. The lowest BCUT2D eigenvalue weighted by molar-refractivity contribution is -0.114. The number of carbonyl (C=O) groups is 2. The van der Waals surface area contributed by atoms with Gasteiger partial charge in [0.2, 0.25) is 5.91 Å². The van der Waals surface area contributed by atoms with E-state index in [4.69, 9.17) is 11.5 Å². The van der Waals surface area contributed by atoms with Crippen molar-refractivity contribution in [2.45, 2.75) is 6.92 Å². The summed E-state index contributed by atoms with van der Waals surface area (Å²) in [6.07, 6.45) is 0. The molecule has 1 rings (SSSR count). The Balaban J connectivity index is 2.94. The van der Waals surface area contributed by atoms with Gasteiger partial charge in [-0.2, -0.15) is 4.99 Å². The van der Waals surface area contributed by atoms with Gasteiger partial charge in [-0.1, -0.05) is 6.07 Å². The summed E-state index contributed by atoms with van der Waals surface area (Å²) in [5, 5.41) is 2.55. The van der Waals surface area contributed by atoms with Crippen LogP contribution in [-0.4, -0.2) is 17.8 Å². The number of guanidine groups is 1. The number of carbonyl (C=O) groups excluding carboxylic acids is 2. The van der Waals surface area contributed by atoms with E-state index in [0.717, 1.165) is 0 Å². The van der Waals surface area contributed by atoms with Crippen LogP contribution in [0.5, 0.6) is 0 Å². The number of aliphatic imine (C=N–C) groups is 1. The van der Waals surface area contributed by atoms with Gasteiger partial charge in [-0.05, 0) is 18.2 Å². The molecule has 0 atom stereocenters. The van der Waals surface area contributed by atoms with Gasteiger partial charge in [0.1, 0.15) is 0 Å². The van der Waals surface area contributed by atoms with E-state index in [1.807, 2.05) is 0 Å². The van der Waals surface area contributed by atoms with E-state index in [1.165, 1.54) is 13.0 Å². The minimum absolute atomic E-state index is 0.216. The van der Waals surface area contributed by atoms with E-state index in [0.29, 0.717) is 11.3 Å². The lowest BCUT2D eigenvalue weighted by Gasteiger charge is -2.02. The lowest BCUT2D eigenvalue weighted by atomic mass is 10.2. The molecule has 6 nitrogen and oxygen atoms in total.